The maximum atomic E-state index is 11.6. The van der Waals surface area contributed by atoms with Gasteiger partial charge in [0.2, 0.25) is 0 Å². The van der Waals surface area contributed by atoms with E-state index in [0.29, 0.717) is 18.1 Å². The number of non-ortho nitro benzene ring substituents is 1. The number of ether oxygens (including phenoxy) is 1. The van der Waals surface area contributed by atoms with Gasteiger partial charge in [-0.3, -0.25) is 14.9 Å². The minimum atomic E-state index is -0.488. The highest BCUT2D eigenvalue weighted by atomic mass is 16.6. The first-order valence-electron chi connectivity index (χ1n) is 5.52. The van der Waals surface area contributed by atoms with Gasteiger partial charge < -0.3 is 4.74 Å². The molecule has 17 heavy (non-hydrogen) atoms. The van der Waals surface area contributed by atoms with Gasteiger partial charge in [0.15, 0.2) is 5.78 Å². The van der Waals surface area contributed by atoms with Crippen molar-refractivity contribution >= 4 is 11.5 Å². The van der Waals surface area contributed by atoms with E-state index in [1.807, 2.05) is 0 Å². The third-order valence-corrected chi connectivity index (χ3v) is 2.68. The highest BCUT2D eigenvalue weighted by Crippen LogP contribution is 2.28. The molecule has 0 unspecified atom stereocenters. The van der Waals surface area contributed by atoms with E-state index in [1.165, 1.54) is 37.1 Å². The average molecular weight is 235 g/mol. The molecule has 0 bridgehead atoms. The smallest absolute Gasteiger partial charge is 0.269 e. The number of nitro benzene ring substituents is 1. The standard InChI is InChI=1S/C12H13NO4/c14-12(8-17-7-9-1-2-9)10-3-5-11(6-4-10)13(15)16/h3-6,9H,1-2,7-8H2. The molecule has 0 atom stereocenters. The van der Waals surface area contributed by atoms with Crippen molar-refractivity contribution < 1.29 is 14.5 Å². The molecule has 0 aliphatic heterocycles. The van der Waals surface area contributed by atoms with E-state index in [1.54, 1.807) is 0 Å². The largest absolute Gasteiger partial charge is 0.373 e. The number of rotatable bonds is 6. The lowest BCUT2D eigenvalue weighted by Crippen LogP contribution is -2.10. The van der Waals surface area contributed by atoms with E-state index >= 15 is 0 Å². The van der Waals surface area contributed by atoms with Gasteiger partial charge in [-0.2, -0.15) is 0 Å². The van der Waals surface area contributed by atoms with Gasteiger partial charge in [0.05, 0.1) is 11.5 Å². The predicted octanol–water partition coefficient (Wildman–Crippen LogP) is 2.20. The van der Waals surface area contributed by atoms with Crippen LogP contribution in [-0.4, -0.2) is 23.9 Å². The van der Waals surface area contributed by atoms with Crippen LogP contribution in [0.2, 0.25) is 0 Å². The number of nitro groups is 1. The molecule has 1 aliphatic rings. The Hall–Kier alpha value is -1.75. The SMILES string of the molecule is O=C(COCC1CC1)c1ccc([N+](=O)[O-])cc1. The lowest BCUT2D eigenvalue weighted by Gasteiger charge is -2.02. The molecular formula is C12H13NO4. The normalized spacial score (nSPS) is 14.6. The quantitative estimate of drug-likeness (QED) is 0.430. The fraction of sp³-hybridized carbons (Fsp3) is 0.417. The molecule has 0 N–H and O–H groups in total. The minimum absolute atomic E-state index is 0.0135. The van der Waals surface area contributed by atoms with Gasteiger partial charge in [-0.05, 0) is 30.9 Å². The maximum Gasteiger partial charge on any atom is 0.269 e. The number of carbonyl (C=O) groups excluding carboxylic acids is 1. The first kappa shape index (κ1) is 11.7. The molecule has 0 spiro atoms. The Morgan fingerprint density at radius 2 is 2.00 bits per heavy atom. The molecule has 1 saturated carbocycles. The van der Waals surface area contributed by atoms with Crippen LogP contribution in [0.15, 0.2) is 24.3 Å². The average Bonchev–Trinajstić information content (AvgIpc) is 3.13. The van der Waals surface area contributed by atoms with Crippen molar-refractivity contribution in [2.24, 2.45) is 5.92 Å². The summed E-state index contributed by atoms with van der Waals surface area (Å²) < 4.78 is 5.27. The highest BCUT2D eigenvalue weighted by molar-refractivity contribution is 5.97. The number of hydrogen-bond donors (Lipinski definition) is 0. The third kappa shape index (κ3) is 3.35. The molecule has 0 aromatic heterocycles. The zero-order valence-electron chi connectivity index (χ0n) is 9.30. The summed E-state index contributed by atoms with van der Waals surface area (Å²) in [6.07, 6.45) is 2.37. The van der Waals surface area contributed by atoms with Gasteiger partial charge >= 0.3 is 0 Å². The lowest BCUT2D eigenvalue weighted by molar-refractivity contribution is -0.384. The van der Waals surface area contributed by atoms with Crippen LogP contribution in [0.4, 0.5) is 5.69 Å². The number of ketones is 1. The van der Waals surface area contributed by atoms with Crippen LogP contribution in [0.3, 0.4) is 0 Å². The third-order valence-electron chi connectivity index (χ3n) is 2.68. The maximum absolute atomic E-state index is 11.6. The van der Waals surface area contributed by atoms with Crippen molar-refractivity contribution in [3.05, 3.63) is 39.9 Å². The summed E-state index contributed by atoms with van der Waals surface area (Å²) >= 11 is 0. The van der Waals surface area contributed by atoms with Crippen molar-refractivity contribution in [3.8, 4) is 0 Å². The molecule has 1 aromatic carbocycles. The second-order valence-corrected chi connectivity index (χ2v) is 4.19. The van der Waals surface area contributed by atoms with E-state index in [9.17, 15) is 14.9 Å². The van der Waals surface area contributed by atoms with Crippen molar-refractivity contribution in [1.82, 2.24) is 0 Å². The summed E-state index contributed by atoms with van der Waals surface area (Å²) in [6.45, 7) is 0.688. The Bertz CT molecular complexity index is 423. The molecule has 1 aliphatic carbocycles. The molecule has 90 valence electrons. The fourth-order valence-electron chi connectivity index (χ4n) is 1.46. The summed E-state index contributed by atoms with van der Waals surface area (Å²) in [5, 5.41) is 10.4. The molecule has 5 nitrogen and oxygen atoms in total. The molecule has 0 radical (unpaired) electrons. The Labute approximate surface area is 98.5 Å². The first-order valence-corrected chi connectivity index (χ1v) is 5.52. The van der Waals surface area contributed by atoms with Gasteiger partial charge in [-0.25, -0.2) is 0 Å². The zero-order chi connectivity index (χ0) is 12.3. The summed E-state index contributed by atoms with van der Waals surface area (Å²) in [5.74, 6) is 0.486. The van der Waals surface area contributed by atoms with Gasteiger partial charge in [0.1, 0.15) is 6.61 Å². The number of benzene rings is 1. The number of Topliss-reactive ketones (excluding diaryl/α,β-unsaturated/α-hetero) is 1. The van der Waals surface area contributed by atoms with E-state index in [0.717, 1.165) is 0 Å². The molecule has 0 saturated heterocycles. The van der Waals surface area contributed by atoms with E-state index in [-0.39, 0.29) is 18.1 Å². The minimum Gasteiger partial charge on any atom is -0.373 e. The summed E-state index contributed by atoms with van der Waals surface area (Å²) in [7, 11) is 0. The molecule has 1 fully saturated rings. The summed E-state index contributed by atoms with van der Waals surface area (Å²) in [4.78, 5) is 21.6. The van der Waals surface area contributed by atoms with Gasteiger partial charge in [-0.15, -0.1) is 0 Å². The molecule has 0 heterocycles. The van der Waals surface area contributed by atoms with E-state index in [2.05, 4.69) is 0 Å². The molecule has 2 rings (SSSR count). The Kier molecular flexibility index (Phi) is 3.49. The topological polar surface area (TPSA) is 69.4 Å². The molecule has 1 aromatic rings. The predicted molar refractivity (Wildman–Crippen MR) is 61.0 cm³/mol. The van der Waals surface area contributed by atoms with Crippen molar-refractivity contribution in [3.63, 3.8) is 0 Å². The van der Waals surface area contributed by atoms with Crippen LogP contribution in [0, 0.1) is 16.0 Å². The zero-order valence-corrected chi connectivity index (χ0v) is 9.30. The molecular weight excluding hydrogens is 222 g/mol. The van der Waals surface area contributed by atoms with Crippen LogP contribution in [-0.2, 0) is 4.74 Å². The fourth-order valence-corrected chi connectivity index (χ4v) is 1.46. The number of hydrogen-bond acceptors (Lipinski definition) is 4. The van der Waals surface area contributed by atoms with Crippen LogP contribution in [0.25, 0.3) is 0 Å². The van der Waals surface area contributed by atoms with Crippen LogP contribution < -0.4 is 0 Å². The summed E-state index contributed by atoms with van der Waals surface area (Å²) in [6, 6.07) is 5.57. The van der Waals surface area contributed by atoms with Crippen LogP contribution in [0.1, 0.15) is 23.2 Å². The lowest BCUT2D eigenvalue weighted by atomic mass is 10.1. The monoisotopic (exact) mass is 235 g/mol. The number of nitrogens with zero attached hydrogens (tertiary/aromatic N) is 1. The van der Waals surface area contributed by atoms with Crippen molar-refractivity contribution in [2.75, 3.05) is 13.2 Å². The van der Waals surface area contributed by atoms with E-state index < -0.39 is 4.92 Å². The second kappa shape index (κ2) is 5.05. The molecule has 0 amide bonds. The highest BCUT2D eigenvalue weighted by Gasteiger charge is 2.21. The Morgan fingerprint density at radius 1 is 1.35 bits per heavy atom. The van der Waals surface area contributed by atoms with Crippen LogP contribution in [0.5, 0.6) is 0 Å². The van der Waals surface area contributed by atoms with Gasteiger partial charge in [0.25, 0.3) is 5.69 Å². The van der Waals surface area contributed by atoms with Gasteiger partial charge in [0, 0.05) is 17.7 Å². The van der Waals surface area contributed by atoms with Crippen molar-refractivity contribution in [1.29, 1.82) is 0 Å². The summed E-state index contributed by atoms with van der Waals surface area (Å²) in [5.41, 5.74) is 0.437. The first-order chi connectivity index (χ1) is 8.16. The Morgan fingerprint density at radius 3 is 2.53 bits per heavy atom. The second-order valence-electron chi connectivity index (χ2n) is 4.19. The van der Waals surface area contributed by atoms with Crippen molar-refractivity contribution in [2.45, 2.75) is 12.8 Å². The Balaban J connectivity index is 1.86. The van der Waals surface area contributed by atoms with Gasteiger partial charge in [-0.1, -0.05) is 0 Å². The number of carbonyl (C=O) groups is 1. The van der Waals surface area contributed by atoms with E-state index in [4.69, 9.17) is 4.74 Å². The van der Waals surface area contributed by atoms with Crippen LogP contribution >= 0.6 is 0 Å². The molecule has 5 heteroatoms.